The Kier molecular flexibility index (Phi) is 5.24. The van der Waals surface area contributed by atoms with Crippen LogP contribution in [0.1, 0.15) is 25.0 Å². The van der Waals surface area contributed by atoms with E-state index in [4.69, 9.17) is 0 Å². The van der Waals surface area contributed by atoms with E-state index in [1.165, 1.54) is 22.6 Å². The second-order valence-electron chi connectivity index (χ2n) is 9.99. The molecule has 3 aromatic heterocycles. The van der Waals surface area contributed by atoms with Gasteiger partial charge in [0.2, 0.25) is 0 Å². The molecule has 0 radical (unpaired) electrons. The molecule has 0 saturated carbocycles. The first-order valence-corrected chi connectivity index (χ1v) is 12.1. The second kappa shape index (κ2) is 8.34. The molecule has 0 aliphatic rings. The van der Waals surface area contributed by atoms with Gasteiger partial charge < -0.3 is 15.1 Å². The summed E-state index contributed by atoms with van der Waals surface area (Å²) in [5.41, 5.74) is -1.000. The SMILES string of the molecule is Cc1c(-c2c(F)cc3c(=O)[nH]c4cc(C(C)(C)O)ccc4n23)cccc1-n1c(=O)[nH]c2c(F)cccc2c1=O. The molecule has 10 heteroatoms. The van der Waals surface area contributed by atoms with Gasteiger partial charge in [-0.3, -0.25) is 14.0 Å². The molecule has 3 aromatic carbocycles. The summed E-state index contributed by atoms with van der Waals surface area (Å²) < 4.78 is 32.2. The van der Waals surface area contributed by atoms with E-state index in [1.54, 1.807) is 51.1 Å². The largest absolute Gasteiger partial charge is 0.386 e. The van der Waals surface area contributed by atoms with Crippen molar-refractivity contribution in [3.63, 3.8) is 0 Å². The van der Waals surface area contributed by atoms with Crippen LogP contribution in [0.4, 0.5) is 8.78 Å². The lowest BCUT2D eigenvalue weighted by Gasteiger charge is -2.19. The van der Waals surface area contributed by atoms with Crippen LogP contribution in [0.2, 0.25) is 0 Å². The van der Waals surface area contributed by atoms with Gasteiger partial charge in [0, 0.05) is 11.6 Å². The number of aliphatic hydroxyl groups is 1. The third-order valence-electron chi connectivity index (χ3n) is 7.06. The fraction of sp³-hybridized carbons (Fsp3) is 0.138. The van der Waals surface area contributed by atoms with Crippen molar-refractivity contribution in [2.45, 2.75) is 26.4 Å². The number of H-pyrrole nitrogens is 2. The number of fused-ring (bicyclic) bond motifs is 4. The van der Waals surface area contributed by atoms with E-state index in [0.717, 1.165) is 16.7 Å². The standard InChI is InChI=1S/C29H22F2N4O4/c1-14-16(6-5-9-21(14)35-27(37)17-7-4-8-18(30)24(17)33-28(35)38)25-19(31)13-23-26(36)32-20-12-15(29(2,3)39)10-11-22(20)34(23)25/h4-13,39H,1-3H3,(H,32,36)(H,33,38). The van der Waals surface area contributed by atoms with Crippen molar-refractivity contribution in [2.24, 2.45) is 0 Å². The second-order valence-corrected chi connectivity index (χ2v) is 9.99. The molecule has 196 valence electrons. The Morgan fingerprint density at radius 3 is 2.36 bits per heavy atom. The van der Waals surface area contributed by atoms with Gasteiger partial charge in [-0.25, -0.2) is 18.1 Å². The van der Waals surface area contributed by atoms with Crippen molar-refractivity contribution in [1.29, 1.82) is 0 Å². The van der Waals surface area contributed by atoms with Crippen LogP contribution < -0.4 is 16.8 Å². The number of benzene rings is 3. The van der Waals surface area contributed by atoms with Crippen molar-refractivity contribution in [3.05, 3.63) is 115 Å². The number of rotatable bonds is 3. The van der Waals surface area contributed by atoms with Gasteiger partial charge in [0.15, 0.2) is 0 Å². The van der Waals surface area contributed by atoms with Gasteiger partial charge in [0.25, 0.3) is 11.1 Å². The minimum Gasteiger partial charge on any atom is -0.386 e. The van der Waals surface area contributed by atoms with Gasteiger partial charge in [0.1, 0.15) is 17.2 Å². The Bertz CT molecular complexity index is 2160. The smallest absolute Gasteiger partial charge is 0.333 e. The maximum Gasteiger partial charge on any atom is 0.333 e. The van der Waals surface area contributed by atoms with Crippen LogP contribution >= 0.6 is 0 Å². The van der Waals surface area contributed by atoms with Crippen LogP contribution in [-0.2, 0) is 5.60 Å². The fourth-order valence-electron chi connectivity index (χ4n) is 5.09. The molecule has 3 heterocycles. The average Bonchev–Trinajstić information content (AvgIpc) is 3.22. The third kappa shape index (κ3) is 3.63. The van der Waals surface area contributed by atoms with E-state index in [0.29, 0.717) is 27.7 Å². The zero-order valence-corrected chi connectivity index (χ0v) is 21.1. The summed E-state index contributed by atoms with van der Waals surface area (Å²) in [5, 5.41) is 10.4. The number of hydrogen-bond donors (Lipinski definition) is 3. The average molecular weight is 529 g/mol. The van der Waals surface area contributed by atoms with E-state index in [1.807, 2.05) is 0 Å². The van der Waals surface area contributed by atoms with Crippen molar-refractivity contribution in [3.8, 4) is 16.9 Å². The van der Waals surface area contributed by atoms with E-state index < -0.39 is 34.0 Å². The summed E-state index contributed by atoms with van der Waals surface area (Å²) >= 11 is 0. The van der Waals surface area contributed by atoms with Gasteiger partial charge in [-0.2, -0.15) is 0 Å². The monoisotopic (exact) mass is 528 g/mol. The molecule has 0 aliphatic carbocycles. The van der Waals surface area contributed by atoms with E-state index in [2.05, 4.69) is 9.97 Å². The van der Waals surface area contributed by atoms with Crippen LogP contribution in [0.3, 0.4) is 0 Å². The van der Waals surface area contributed by atoms with Gasteiger partial charge >= 0.3 is 5.69 Å². The maximum atomic E-state index is 15.6. The zero-order chi connectivity index (χ0) is 27.8. The van der Waals surface area contributed by atoms with Crippen LogP contribution in [0.15, 0.2) is 75.0 Å². The molecule has 6 aromatic rings. The molecule has 8 nitrogen and oxygen atoms in total. The molecule has 0 aliphatic heterocycles. The Morgan fingerprint density at radius 2 is 1.62 bits per heavy atom. The number of nitrogens with one attached hydrogen (secondary N) is 2. The predicted molar refractivity (Wildman–Crippen MR) is 145 cm³/mol. The van der Waals surface area contributed by atoms with Gasteiger partial charge in [-0.1, -0.05) is 24.3 Å². The summed E-state index contributed by atoms with van der Waals surface area (Å²) in [4.78, 5) is 44.4. The molecule has 0 fully saturated rings. The molecule has 0 amide bonds. The summed E-state index contributed by atoms with van der Waals surface area (Å²) in [6.07, 6.45) is 0. The van der Waals surface area contributed by atoms with Crippen LogP contribution in [0, 0.1) is 18.6 Å². The Morgan fingerprint density at radius 1 is 0.872 bits per heavy atom. The maximum absolute atomic E-state index is 15.6. The van der Waals surface area contributed by atoms with Gasteiger partial charge in [-0.05, 0) is 62.2 Å². The lowest BCUT2D eigenvalue weighted by molar-refractivity contribution is 0.0787. The van der Waals surface area contributed by atoms with Gasteiger partial charge in [-0.15, -0.1) is 0 Å². The molecule has 0 unspecified atom stereocenters. The fourth-order valence-corrected chi connectivity index (χ4v) is 5.09. The van der Waals surface area contributed by atoms with E-state index in [-0.39, 0.29) is 27.8 Å². The van der Waals surface area contributed by atoms with Crippen molar-refractivity contribution in [2.75, 3.05) is 0 Å². The molecular weight excluding hydrogens is 506 g/mol. The van der Waals surface area contributed by atoms with Crippen LogP contribution in [0.25, 0.3) is 44.4 Å². The third-order valence-corrected chi connectivity index (χ3v) is 7.06. The highest BCUT2D eigenvalue weighted by Gasteiger charge is 2.23. The number of nitrogens with zero attached hydrogens (tertiary/aromatic N) is 2. The minimum atomic E-state index is -1.17. The van der Waals surface area contributed by atoms with Crippen molar-refractivity contribution < 1.29 is 13.9 Å². The zero-order valence-electron chi connectivity index (χ0n) is 21.1. The number of para-hydroxylation sites is 1. The number of aromatic nitrogens is 4. The first-order valence-electron chi connectivity index (χ1n) is 12.1. The lowest BCUT2D eigenvalue weighted by Crippen LogP contribution is -2.34. The number of hydrogen-bond acceptors (Lipinski definition) is 4. The van der Waals surface area contributed by atoms with Crippen LogP contribution in [-0.4, -0.2) is 24.0 Å². The van der Waals surface area contributed by atoms with E-state index in [9.17, 15) is 23.9 Å². The topological polar surface area (TPSA) is 112 Å². The summed E-state index contributed by atoms with van der Waals surface area (Å²) in [7, 11) is 0. The molecule has 0 atom stereocenters. The lowest BCUT2D eigenvalue weighted by atomic mass is 9.98. The molecule has 6 rings (SSSR count). The number of halogens is 2. The molecular formula is C29H22F2N4O4. The van der Waals surface area contributed by atoms with Gasteiger partial charge in [0.05, 0.1) is 38.9 Å². The normalized spacial score (nSPS) is 12.2. The summed E-state index contributed by atoms with van der Waals surface area (Å²) in [6.45, 7) is 4.86. The molecule has 3 N–H and O–H groups in total. The number of aromatic amines is 2. The first kappa shape index (κ1) is 24.5. The quantitative estimate of drug-likeness (QED) is 0.319. The highest BCUT2D eigenvalue weighted by Crippen LogP contribution is 2.33. The summed E-state index contributed by atoms with van der Waals surface area (Å²) in [5.74, 6) is -1.41. The minimum absolute atomic E-state index is 0.0149. The highest BCUT2D eigenvalue weighted by atomic mass is 19.1. The Balaban J connectivity index is 1.67. The molecule has 39 heavy (non-hydrogen) atoms. The predicted octanol–water partition coefficient (Wildman–Crippen LogP) is 4.25. The Hall–Kier alpha value is -4.83. The summed E-state index contributed by atoms with van der Waals surface area (Å²) in [6, 6.07) is 14.8. The molecule has 0 bridgehead atoms. The molecule has 0 saturated heterocycles. The van der Waals surface area contributed by atoms with Crippen LogP contribution in [0.5, 0.6) is 0 Å². The van der Waals surface area contributed by atoms with Crippen molar-refractivity contribution >= 4 is 27.5 Å². The first-order chi connectivity index (χ1) is 18.5. The van der Waals surface area contributed by atoms with Crippen molar-refractivity contribution in [1.82, 2.24) is 18.9 Å². The van der Waals surface area contributed by atoms with E-state index >= 15 is 4.39 Å². The highest BCUT2D eigenvalue weighted by molar-refractivity contribution is 5.85. The molecule has 0 spiro atoms. The Labute approximate surface area is 218 Å².